The van der Waals surface area contributed by atoms with Gasteiger partial charge in [0.15, 0.2) is 0 Å². The van der Waals surface area contributed by atoms with Crippen LogP contribution in [-0.2, 0) is 12.8 Å². The second-order valence-corrected chi connectivity index (χ2v) is 6.51. The van der Waals surface area contributed by atoms with Gasteiger partial charge in [-0.2, -0.15) is 0 Å². The molecule has 3 rings (SSSR count). The number of pyridine rings is 1. The van der Waals surface area contributed by atoms with Crippen molar-refractivity contribution in [3.8, 4) is 0 Å². The quantitative estimate of drug-likeness (QED) is 0.639. The molecule has 2 amide bonds. The summed E-state index contributed by atoms with van der Waals surface area (Å²) in [6.07, 6.45) is 1.36. The van der Waals surface area contributed by atoms with Crippen LogP contribution in [0.25, 0.3) is 0 Å². The minimum atomic E-state index is -0.369. The van der Waals surface area contributed by atoms with Crippen molar-refractivity contribution in [2.24, 2.45) is 0 Å². The summed E-state index contributed by atoms with van der Waals surface area (Å²) in [7, 11) is 0. The van der Waals surface area contributed by atoms with Crippen molar-refractivity contribution < 1.29 is 14.0 Å². The van der Waals surface area contributed by atoms with E-state index >= 15 is 0 Å². The molecule has 2 aromatic carbocycles. The summed E-state index contributed by atoms with van der Waals surface area (Å²) in [6.45, 7) is 2.40. The van der Waals surface area contributed by atoms with E-state index in [9.17, 15) is 14.0 Å². The van der Waals surface area contributed by atoms with Crippen LogP contribution in [0.1, 0.15) is 39.0 Å². The molecule has 0 radical (unpaired) electrons. The average molecular weight is 391 g/mol. The summed E-state index contributed by atoms with van der Waals surface area (Å²) < 4.78 is 12.9. The number of hydrogen-bond acceptors (Lipinski definition) is 3. The highest BCUT2D eigenvalue weighted by molar-refractivity contribution is 6.04. The van der Waals surface area contributed by atoms with Crippen LogP contribution >= 0.6 is 0 Å². The van der Waals surface area contributed by atoms with Gasteiger partial charge in [0.05, 0.1) is 0 Å². The van der Waals surface area contributed by atoms with E-state index in [1.165, 1.54) is 12.1 Å². The lowest BCUT2D eigenvalue weighted by molar-refractivity contribution is 0.0949. The molecule has 0 atom stereocenters. The third kappa shape index (κ3) is 5.48. The molecule has 0 aliphatic carbocycles. The Bertz CT molecular complexity index is 1000. The van der Waals surface area contributed by atoms with Crippen LogP contribution in [-0.4, -0.2) is 23.3 Å². The number of rotatable bonds is 7. The van der Waals surface area contributed by atoms with E-state index in [4.69, 9.17) is 0 Å². The number of hydrogen-bond donors (Lipinski definition) is 2. The molecule has 6 heteroatoms. The van der Waals surface area contributed by atoms with Crippen LogP contribution in [0.15, 0.2) is 66.7 Å². The summed E-state index contributed by atoms with van der Waals surface area (Å²) in [6, 6.07) is 18.5. The number of nitrogens with zero attached hydrogens (tertiary/aromatic N) is 1. The second kappa shape index (κ2) is 9.59. The lowest BCUT2D eigenvalue weighted by atomic mass is 10.1. The molecule has 0 fully saturated rings. The summed E-state index contributed by atoms with van der Waals surface area (Å²) >= 11 is 0. The van der Waals surface area contributed by atoms with Gasteiger partial charge in [-0.05, 0) is 54.3 Å². The molecule has 0 bridgehead atoms. The van der Waals surface area contributed by atoms with Crippen LogP contribution in [0.5, 0.6) is 0 Å². The third-order valence-corrected chi connectivity index (χ3v) is 4.47. The number of carbonyl (C=O) groups is 2. The van der Waals surface area contributed by atoms with Crippen molar-refractivity contribution in [3.05, 3.63) is 95.1 Å². The molecule has 0 saturated carbocycles. The molecule has 148 valence electrons. The van der Waals surface area contributed by atoms with Gasteiger partial charge in [0.25, 0.3) is 11.8 Å². The summed E-state index contributed by atoms with van der Waals surface area (Å²) in [5.74, 6) is -1.03. The highest BCUT2D eigenvalue weighted by Crippen LogP contribution is 2.16. The van der Waals surface area contributed by atoms with Crippen molar-refractivity contribution in [1.82, 2.24) is 10.3 Å². The lowest BCUT2D eigenvalue weighted by Crippen LogP contribution is -2.27. The number of carbonyl (C=O) groups excluding carboxylic acids is 2. The van der Waals surface area contributed by atoms with E-state index in [2.05, 4.69) is 15.6 Å². The summed E-state index contributed by atoms with van der Waals surface area (Å²) in [4.78, 5) is 29.1. The molecule has 2 N–H and O–H groups in total. The van der Waals surface area contributed by atoms with Gasteiger partial charge in [0.1, 0.15) is 17.2 Å². The molecule has 3 aromatic rings. The van der Waals surface area contributed by atoms with Gasteiger partial charge in [-0.1, -0.05) is 43.3 Å². The number of benzene rings is 2. The number of para-hydroxylation sites is 1. The maximum atomic E-state index is 12.9. The number of nitrogens with one attached hydrogen (secondary N) is 2. The largest absolute Gasteiger partial charge is 0.350 e. The van der Waals surface area contributed by atoms with Crippen molar-refractivity contribution >= 4 is 17.5 Å². The number of aromatic nitrogens is 1. The fourth-order valence-corrected chi connectivity index (χ4v) is 2.89. The predicted molar refractivity (Wildman–Crippen MR) is 110 cm³/mol. The molecule has 0 saturated heterocycles. The SMILES string of the molecule is CCc1ccccc1NC(=O)c1cccc(C(=O)NCCc2ccc(F)cc2)n1. The number of halogens is 1. The van der Waals surface area contributed by atoms with Crippen LogP contribution < -0.4 is 10.6 Å². The van der Waals surface area contributed by atoms with Gasteiger partial charge >= 0.3 is 0 Å². The zero-order valence-electron chi connectivity index (χ0n) is 16.1. The Hall–Kier alpha value is -3.54. The molecule has 0 aliphatic heterocycles. The van der Waals surface area contributed by atoms with Gasteiger partial charge in [-0.15, -0.1) is 0 Å². The molecular formula is C23H22FN3O2. The van der Waals surface area contributed by atoms with Crippen molar-refractivity contribution in [3.63, 3.8) is 0 Å². The van der Waals surface area contributed by atoms with Crippen molar-refractivity contribution in [2.45, 2.75) is 19.8 Å². The first kappa shape index (κ1) is 20.2. The Morgan fingerprint density at radius 1 is 0.897 bits per heavy atom. The zero-order valence-corrected chi connectivity index (χ0v) is 16.1. The third-order valence-electron chi connectivity index (χ3n) is 4.47. The Morgan fingerprint density at radius 2 is 1.59 bits per heavy atom. The molecule has 0 spiro atoms. The normalized spacial score (nSPS) is 10.4. The van der Waals surface area contributed by atoms with Gasteiger partial charge in [-0.3, -0.25) is 9.59 Å². The maximum Gasteiger partial charge on any atom is 0.274 e. The molecular weight excluding hydrogens is 369 g/mol. The molecule has 0 unspecified atom stereocenters. The van der Waals surface area contributed by atoms with E-state index in [1.807, 2.05) is 31.2 Å². The van der Waals surface area contributed by atoms with E-state index in [1.54, 1.807) is 30.3 Å². The molecule has 1 aromatic heterocycles. The fraction of sp³-hybridized carbons (Fsp3) is 0.174. The average Bonchev–Trinajstić information content (AvgIpc) is 2.75. The summed E-state index contributed by atoms with van der Waals surface area (Å²) in [5, 5.41) is 5.62. The standard InChI is InChI=1S/C23H22FN3O2/c1-2-17-6-3-4-7-19(17)27-23(29)21-9-5-8-20(26-21)22(28)25-15-14-16-10-12-18(24)13-11-16/h3-13H,2,14-15H2,1H3,(H,25,28)(H,27,29). The first-order chi connectivity index (χ1) is 14.1. The van der Waals surface area contributed by atoms with Crippen LogP contribution in [0.4, 0.5) is 10.1 Å². The Labute approximate surface area is 169 Å². The molecule has 1 heterocycles. The first-order valence-electron chi connectivity index (χ1n) is 9.45. The maximum absolute atomic E-state index is 12.9. The zero-order chi connectivity index (χ0) is 20.6. The predicted octanol–water partition coefficient (Wildman–Crippen LogP) is 4.01. The Kier molecular flexibility index (Phi) is 6.68. The molecule has 0 aliphatic rings. The lowest BCUT2D eigenvalue weighted by Gasteiger charge is -2.10. The first-order valence-corrected chi connectivity index (χ1v) is 9.45. The van der Waals surface area contributed by atoms with Crippen LogP contribution in [0, 0.1) is 5.82 Å². The minimum Gasteiger partial charge on any atom is -0.350 e. The fourth-order valence-electron chi connectivity index (χ4n) is 2.89. The van der Waals surface area contributed by atoms with E-state index in [0.29, 0.717) is 13.0 Å². The Balaban J connectivity index is 1.61. The summed E-state index contributed by atoms with van der Waals surface area (Å²) in [5.41, 5.74) is 3.01. The number of aryl methyl sites for hydroxylation is 1. The Morgan fingerprint density at radius 3 is 2.31 bits per heavy atom. The number of anilines is 1. The van der Waals surface area contributed by atoms with Gasteiger partial charge in [0.2, 0.25) is 0 Å². The monoisotopic (exact) mass is 391 g/mol. The molecule has 29 heavy (non-hydrogen) atoms. The van der Waals surface area contributed by atoms with Crippen molar-refractivity contribution in [2.75, 3.05) is 11.9 Å². The van der Waals surface area contributed by atoms with Gasteiger partial charge < -0.3 is 10.6 Å². The van der Waals surface area contributed by atoms with Crippen LogP contribution in [0.2, 0.25) is 0 Å². The highest BCUT2D eigenvalue weighted by atomic mass is 19.1. The molecule has 5 nitrogen and oxygen atoms in total. The van der Waals surface area contributed by atoms with E-state index < -0.39 is 0 Å². The van der Waals surface area contributed by atoms with Gasteiger partial charge in [0, 0.05) is 12.2 Å². The number of amides is 2. The topological polar surface area (TPSA) is 71.1 Å². The second-order valence-electron chi connectivity index (χ2n) is 6.51. The smallest absolute Gasteiger partial charge is 0.274 e. The minimum absolute atomic E-state index is 0.167. The van der Waals surface area contributed by atoms with Crippen molar-refractivity contribution in [1.29, 1.82) is 0 Å². The highest BCUT2D eigenvalue weighted by Gasteiger charge is 2.13. The van der Waals surface area contributed by atoms with E-state index in [0.717, 1.165) is 23.2 Å². The van der Waals surface area contributed by atoms with Gasteiger partial charge in [-0.25, -0.2) is 9.37 Å². The van der Waals surface area contributed by atoms with Crippen LogP contribution in [0.3, 0.4) is 0 Å². The van der Waals surface area contributed by atoms with E-state index in [-0.39, 0.29) is 29.0 Å².